The Balaban J connectivity index is 2.50. The highest BCUT2D eigenvalue weighted by Gasteiger charge is 2.02. The van der Waals surface area contributed by atoms with Crippen molar-refractivity contribution >= 4 is 0 Å². The lowest BCUT2D eigenvalue weighted by Gasteiger charge is -2.09. The SMILES string of the molecule is Cc1cc(C)cc(-c2ccc(=O)n(CCN)c2)c1. The maximum Gasteiger partial charge on any atom is 0.250 e. The molecule has 0 fully saturated rings. The molecule has 3 heteroatoms. The predicted octanol–water partition coefficient (Wildman–Crippen LogP) is 2.09. The Bertz CT molecular complexity index is 594. The minimum atomic E-state index is -0.00595. The first-order chi connectivity index (χ1) is 8.60. The number of rotatable bonds is 3. The third kappa shape index (κ3) is 2.68. The van der Waals surface area contributed by atoms with E-state index in [2.05, 4.69) is 32.0 Å². The van der Waals surface area contributed by atoms with E-state index in [1.165, 1.54) is 11.1 Å². The van der Waals surface area contributed by atoms with Crippen molar-refractivity contribution in [2.24, 2.45) is 5.73 Å². The van der Waals surface area contributed by atoms with Gasteiger partial charge < -0.3 is 10.3 Å². The van der Waals surface area contributed by atoms with Gasteiger partial charge in [0, 0.05) is 25.4 Å². The molecule has 3 nitrogen and oxygen atoms in total. The van der Waals surface area contributed by atoms with Crippen LogP contribution in [0.15, 0.2) is 41.3 Å². The maximum absolute atomic E-state index is 11.6. The molecule has 0 radical (unpaired) electrons. The summed E-state index contributed by atoms with van der Waals surface area (Å²) in [5.74, 6) is 0. The number of nitrogens with zero attached hydrogens (tertiary/aromatic N) is 1. The van der Waals surface area contributed by atoms with Gasteiger partial charge in [-0.25, -0.2) is 0 Å². The van der Waals surface area contributed by atoms with Crippen molar-refractivity contribution in [2.75, 3.05) is 6.54 Å². The highest BCUT2D eigenvalue weighted by molar-refractivity contribution is 5.64. The lowest BCUT2D eigenvalue weighted by atomic mass is 10.0. The van der Waals surface area contributed by atoms with Crippen LogP contribution in [0.5, 0.6) is 0 Å². The van der Waals surface area contributed by atoms with Crippen LogP contribution in [-0.4, -0.2) is 11.1 Å². The lowest BCUT2D eigenvalue weighted by Crippen LogP contribution is -2.22. The van der Waals surface area contributed by atoms with Crippen molar-refractivity contribution in [3.63, 3.8) is 0 Å². The van der Waals surface area contributed by atoms with Gasteiger partial charge >= 0.3 is 0 Å². The molecule has 2 aromatic rings. The fraction of sp³-hybridized carbons (Fsp3) is 0.267. The molecule has 0 spiro atoms. The molecule has 0 amide bonds. The summed E-state index contributed by atoms with van der Waals surface area (Å²) in [6, 6.07) is 9.85. The molecule has 0 atom stereocenters. The van der Waals surface area contributed by atoms with Crippen LogP contribution in [-0.2, 0) is 6.54 Å². The van der Waals surface area contributed by atoms with Crippen LogP contribution in [0.1, 0.15) is 11.1 Å². The minimum absolute atomic E-state index is 0.00595. The molecule has 0 aliphatic heterocycles. The Morgan fingerprint density at radius 2 is 1.72 bits per heavy atom. The van der Waals surface area contributed by atoms with Gasteiger partial charge in [0.05, 0.1) is 0 Å². The van der Waals surface area contributed by atoms with Crippen LogP contribution in [0.25, 0.3) is 11.1 Å². The highest BCUT2D eigenvalue weighted by Crippen LogP contribution is 2.21. The monoisotopic (exact) mass is 242 g/mol. The zero-order valence-corrected chi connectivity index (χ0v) is 10.8. The van der Waals surface area contributed by atoms with Gasteiger partial charge in [-0.05, 0) is 31.0 Å². The molecule has 1 aromatic heterocycles. The smallest absolute Gasteiger partial charge is 0.250 e. The van der Waals surface area contributed by atoms with Crippen molar-refractivity contribution in [3.05, 3.63) is 58.0 Å². The van der Waals surface area contributed by atoms with Gasteiger partial charge in [-0.2, -0.15) is 0 Å². The number of benzene rings is 1. The van der Waals surface area contributed by atoms with Gasteiger partial charge in [0.2, 0.25) is 0 Å². The van der Waals surface area contributed by atoms with Crippen molar-refractivity contribution in [2.45, 2.75) is 20.4 Å². The number of nitrogens with two attached hydrogens (primary N) is 1. The summed E-state index contributed by atoms with van der Waals surface area (Å²) in [7, 11) is 0. The van der Waals surface area contributed by atoms with E-state index in [-0.39, 0.29) is 5.56 Å². The first kappa shape index (κ1) is 12.6. The van der Waals surface area contributed by atoms with Crippen LogP contribution in [0, 0.1) is 13.8 Å². The molecule has 0 aliphatic carbocycles. The predicted molar refractivity (Wildman–Crippen MR) is 74.7 cm³/mol. The van der Waals surface area contributed by atoms with Gasteiger partial charge in [-0.1, -0.05) is 29.3 Å². The zero-order chi connectivity index (χ0) is 13.1. The Morgan fingerprint density at radius 1 is 1.06 bits per heavy atom. The lowest BCUT2D eigenvalue weighted by molar-refractivity contribution is 0.682. The Hall–Kier alpha value is -1.87. The second kappa shape index (κ2) is 5.19. The molecule has 2 N–H and O–H groups in total. The highest BCUT2D eigenvalue weighted by atomic mass is 16.1. The summed E-state index contributed by atoms with van der Waals surface area (Å²) < 4.78 is 1.66. The molecule has 0 saturated carbocycles. The van der Waals surface area contributed by atoms with Crippen LogP contribution < -0.4 is 11.3 Å². The van der Waals surface area contributed by atoms with E-state index >= 15 is 0 Å². The van der Waals surface area contributed by atoms with E-state index < -0.39 is 0 Å². The van der Waals surface area contributed by atoms with Crippen LogP contribution in [0.4, 0.5) is 0 Å². The van der Waals surface area contributed by atoms with Gasteiger partial charge in [-0.3, -0.25) is 4.79 Å². The second-order valence-electron chi connectivity index (χ2n) is 4.61. The molecule has 2 rings (SSSR count). The molecule has 0 bridgehead atoms. The fourth-order valence-corrected chi connectivity index (χ4v) is 2.16. The topological polar surface area (TPSA) is 48.0 Å². The average Bonchev–Trinajstić information content (AvgIpc) is 2.31. The molecule has 1 aromatic carbocycles. The molecular formula is C15H18N2O. The summed E-state index contributed by atoms with van der Waals surface area (Å²) in [5.41, 5.74) is 10.1. The normalized spacial score (nSPS) is 10.6. The Labute approximate surface area is 107 Å². The first-order valence-electron chi connectivity index (χ1n) is 6.09. The molecule has 0 saturated heterocycles. The van der Waals surface area contributed by atoms with Crippen molar-refractivity contribution in [1.82, 2.24) is 4.57 Å². The van der Waals surface area contributed by atoms with E-state index in [9.17, 15) is 4.79 Å². The number of hydrogen-bond acceptors (Lipinski definition) is 2. The third-order valence-corrected chi connectivity index (χ3v) is 2.91. The van der Waals surface area contributed by atoms with E-state index in [1.807, 2.05) is 12.3 Å². The van der Waals surface area contributed by atoms with Crippen molar-refractivity contribution < 1.29 is 0 Å². The number of aryl methyl sites for hydroxylation is 2. The number of hydrogen-bond donors (Lipinski definition) is 1. The zero-order valence-electron chi connectivity index (χ0n) is 10.8. The Morgan fingerprint density at radius 3 is 2.33 bits per heavy atom. The fourth-order valence-electron chi connectivity index (χ4n) is 2.16. The second-order valence-corrected chi connectivity index (χ2v) is 4.61. The molecule has 18 heavy (non-hydrogen) atoms. The quantitative estimate of drug-likeness (QED) is 0.896. The molecule has 0 aliphatic rings. The summed E-state index contributed by atoms with van der Waals surface area (Å²) in [4.78, 5) is 11.6. The van der Waals surface area contributed by atoms with Crippen molar-refractivity contribution in [3.8, 4) is 11.1 Å². The Kier molecular flexibility index (Phi) is 3.63. The maximum atomic E-state index is 11.6. The van der Waals surface area contributed by atoms with Crippen molar-refractivity contribution in [1.29, 1.82) is 0 Å². The van der Waals surface area contributed by atoms with Crippen LogP contribution in [0.2, 0.25) is 0 Å². The third-order valence-electron chi connectivity index (χ3n) is 2.91. The molecular weight excluding hydrogens is 224 g/mol. The largest absolute Gasteiger partial charge is 0.329 e. The standard InChI is InChI=1S/C15H18N2O/c1-11-7-12(2)9-14(8-11)13-3-4-15(18)17(10-13)6-5-16/h3-4,7-10H,5-6,16H2,1-2H3. The van der Waals surface area contributed by atoms with E-state index in [0.29, 0.717) is 13.1 Å². The first-order valence-corrected chi connectivity index (χ1v) is 6.09. The van der Waals surface area contributed by atoms with E-state index in [1.54, 1.807) is 10.6 Å². The van der Waals surface area contributed by atoms with Crippen LogP contribution >= 0.6 is 0 Å². The minimum Gasteiger partial charge on any atom is -0.329 e. The van der Waals surface area contributed by atoms with Gasteiger partial charge in [0.15, 0.2) is 0 Å². The van der Waals surface area contributed by atoms with Gasteiger partial charge in [0.1, 0.15) is 0 Å². The summed E-state index contributed by atoms with van der Waals surface area (Å²) in [6.45, 7) is 5.17. The van der Waals surface area contributed by atoms with E-state index in [4.69, 9.17) is 5.73 Å². The summed E-state index contributed by atoms with van der Waals surface area (Å²) in [6.07, 6.45) is 1.88. The van der Waals surface area contributed by atoms with E-state index in [0.717, 1.165) is 11.1 Å². The van der Waals surface area contributed by atoms with Gasteiger partial charge in [0.25, 0.3) is 5.56 Å². The molecule has 0 unspecified atom stereocenters. The number of aromatic nitrogens is 1. The average molecular weight is 242 g/mol. The van der Waals surface area contributed by atoms with Gasteiger partial charge in [-0.15, -0.1) is 0 Å². The number of pyridine rings is 1. The summed E-state index contributed by atoms with van der Waals surface area (Å²) >= 11 is 0. The molecule has 1 heterocycles. The van der Waals surface area contributed by atoms with Crippen LogP contribution in [0.3, 0.4) is 0 Å². The summed E-state index contributed by atoms with van der Waals surface area (Å²) in [5, 5.41) is 0. The molecule has 94 valence electrons.